The third-order valence-corrected chi connectivity index (χ3v) is 4.93. The average molecular weight is 355 g/mol. The van der Waals surface area contributed by atoms with E-state index in [1.807, 2.05) is 18.2 Å². The van der Waals surface area contributed by atoms with Gasteiger partial charge in [-0.25, -0.2) is 18.1 Å². The number of aromatic nitrogens is 2. The largest absolute Gasteiger partial charge is 0.497 e. The fourth-order valence-electron chi connectivity index (χ4n) is 2.27. The minimum atomic E-state index is -3.60. The summed E-state index contributed by atoms with van der Waals surface area (Å²) in [6.07, 6.45) is 1.67. The predicted octanol–water partition coefficient (Wildman–Crippen LogP) is 2.63. The molecule has 0 saturated heterocycles. The Kier molecular flexibility index (Phi) is 5.06. The second-order valence-corrected chi connectivity index (χ2v) is 7.00. The van der Waals surface area contributed by atoms with E-state index in [0.29, 0.717) is 22.8 Å². The Hall–Kier alpha value is -2.77. The molecular weight excluding hydrogens is 338 g/mol. The third kappa shape index (κ3) is 4.20. The molecule has 0 fully saturated rings. The van der Waals surface area contributed by atoms with Gasteiger partial charge in [-0.2, -0.15) is 0 Å². The Morgan fingerprint density at radius 1 is 1.00 bits per heavy atom. The van der Waals surface area contributed by atoms with Crippen LogP contribution < -0.4 is 9.46 Å². The maximum atomic E-state index is 12.3. The molecule has 0 unspecified atom stereocenters. The molecule has 0 aliphatic rings. The molecule has 25 heavy (non-hydrogen) atoms. The van der Waals surface area contributed by atoms with Gasteiger partial charge in [-0.3, -0.25) is 4.98 Å². The van der Waals surface area contributed by atoms with E-state index >= 15 is 0 Å². The van der Waals surface area contributed by atoms with E-state index < -0.39 is 10.0 Å². The van der Waals surface area contributed by atoms with E-state index in [1.165, 1.54) is 0 Å². The van der Waals surface area contributed by atoms with Crippen LogP contribution in [0.15, 0.2) is 71.8 Å². The number of nitrogens with zero attached hydrogens (tertiary/aromatic N) is 2. The van der Waals surface area contributed by atoms with Gasteiger partial charge in [0, 0.05) is 18.3 Å². The normalized spacial score (nSPS) is 11.2. The number of benzene rings is 1. The number of hydrogen-bond donors (Lipinski definition) is 1. The zero-order valence-electron chi connectivity index (χ0n) is 13.6. The number of pyridine rings is 2. The van der Waals surface area contributed by atoms with E-state index in [1.54, 1.807) is 55.8 Å². The van der Waals surface area contributed by atoms with E-state index in [9.17, 15) is 8.42 Å². The van der Waals surface area contributed by atoms with Crippen molar-refractivity contribution in [3.8, 4) is 17.1 Å². The molecule has 0 amide bonds. The lowest BCUT2D eigenvalue weighted by Crippen LogP contribution is -2.23. The lowest BCUT2D eigenvalue weighted by Gasteiger charge is -2.10. The molecule has 0 saturated carbocycles. The van der Waals surface area contributed by atoms with Gasteiger partial charge in [0.2, 0.25) is 10.0 Å². The van der Waals surface area contributed by atoms with Crippen molar-refractivity contribution < 1.29 is 13.2 Å². The first-order valence-electron chi connectivity index (χ1n) is 7.59. The second kappa shape index (κ2) is 7.42. The van der Waals surface area contributed by atoms with Crippen molar-refractivity contribution >= 4 is 10.0 Å². The Bertz CT molecular complexity index is 946. The Labute approximate surface area is 146 Å². The number of hydrogen-bond acceptors (Lipinski definition) is 5. The molecule has 1 aromatic carbocycles. The summed E-state index contributed by atoms with van der Waals surface area (Å²) in [7, 11) is -2.05. The zero-order chi connectivity index (χ0) is 17.7. The van der Waals surface area contributed by atoms with Crippen LogP contribution in [0, 0.1) is 0 Å². The molecule has 0 spiro atoms. The summed E-state index contributed by atoms with van der Waals surface area (Å²) in [5.41, 5.74) is 1.85. The highest BCUT2D eigenvalue weighted by Gasteiger charge is 2.14. The lowest BCUT2D eigenvalue weighted by atomic mass is 10.2. The van der Waals surface area contributed by atoms with Gasteiger partial charge in [0.25, 0.3) is 0 Å². The topological polar surface area (TPSA) is 81.2 Å². The molecule has 0 aliphatic heterocycles. The van der Waals surface area contributed by atoms with Gasteiger partial charge in [-0.15, -0.1) is 0 Å². The van der Waals surface area contributed by atoms with Crippen molar-refractivity contribution in [3.63, 3.8) is 0 Å². The van der Waals surface area contributed by atoms with Gasteiger partial charge in [0.1, 0.15) is 5.75 Å². The minimum Gasteiger partial charge on any atom is -0.497 e. The van der Waals surface area contributed by atoms with Crippen LogP contribution >= 0.6 is 0 Å². The maximum absolute atomic E-state index is 12.3. The zero-order valence-corrected chi connectivity index (χ0v) is 14.4. The van der Waals surface area contributed by atoms with Crippen LogP contribution in [0.25, 0.3) is 11.4 Å². The van der Waals surface area contributed by atoms with Crippen LogP contribution in [0.2, 0.25) is 0 Å². The van der Waals surface area contributed by atoms with Crippen LogP contribution in [0.4, 0.5) is 0 Å². The molecule has 6 nitrogen and oxygen atoms in total. The number of ether oxygens (including phenoxy) is 1. The van der Waals surface area contributed by atoms with Gasteiger partial charge in [0.15, 0.2) is 0 Å². The van der Waals surface area contributed by atoms with Crippen LogP contribution in [0.3, 0.4) is 0 Å². The van der Waals surface area contributed by atoms with Crippen molar-refractivity contribution in [1.29, 1.82) is 0 Å². The van der Waals surface area contributed by atoms with Crippen LogP contribution in [0.1, 0.15) is 5.69 Å². The molecule has 0 radical (unpaired) electrons. The van der Waals surface area contributed by atoms with Gasteiger partial charge in [-0.1, -0.05) is 24.3 Å². The Morgan fingerprint density at radius 2 is 1.76 bits per heavy atom. The fraction of sp³-hybridized carbons (Fsp3) is 0.111. The summed E-state index contributed by atoms with van der Waals surface area (Å²) < 4.78 is 32.5. The smallest absolute Gasteiger partial charge is 0.240 e. The van der Waals surface area contributed by atoms with Crippen LogP contribution in [-0.4, -0.2) is 25.5 Å². The number of nitrogens with one attached hydrogen (secondary N) is 1. The highest BCUT2D eigenvalue weighted by Crippen LogP contribution is 2.21. The summed E-state index contributed by atoms with van der Waals surface area (Å²) in [5, 5.41) is 0. The molecular formula is C18H17N3O3S. The molecule has 128 valence electrons. The van der Waals surface area contributed by atoms with E-state index in [4.69, 9.17) is 4.74 Å². The number of methoxy groups -OCH3 is 1. The van der Waals surface area contributed by atoms with Crippen molar-refractivity contribution in [2.24, 2.45) is 0 Å². The number of rotatable bonds is 6. The summed E-state index contributed by atoms with van der Waals surface area (Å²) in [6, 6.07) is 17.2. The first-order chi connectivity index (χ1) is 12.1. The maximum Gasteiger partial charge on any atom is 0.240 e. The van der Waals surface area contributed by atoms with Gasteiger partial charge < -0.3 is 4.74 Å². The molecule has 7 heteroatoms. The van der Waals surface area contributed by atoms with Gasteiger partial charge in [-0.05, 0) is 24.3 Å². The number of sulfonamides is 1. The lowest BCUT2D eigenvalue weighted by molar-refractivity contribution is 0.413. The van der Waals surface area contributed by atoms with Crippen LogP contribution in [-0.2, 0) is 16.6 Å². The molecule has 0 aliphatic carbocycles. The summed E-state index contributed by atoms with van der Waals surface area (Å²) in [4.78, 5) is 8.96. The van der Waals surface area contributed by atoms with Crippen molar-refractivity contribution in [3.05, 3.63) is 72.6 Å². The fourth-order valence-corrected chi connectivity index (χ4v) is 3.29. The Balaban J connectivity index is 1.85. The molecule has 0 atom stereocenters. The highest BCUT2D eigenvalue weighted by atomic mass is 32.2. The quantitative estimate of drug-likeness (QED) is 0.735. The van der Waals surface area contributed by atoms with E-state index in [2.05, 4.69) is 14.7 Å². The summed E-state index contributed by atoms with van der Waals surface area (Å²) in [5.74, 6) is 0.588. The van der Waals surface area contributed by atoms with Crippen LogP contribution in [0.5, 0.6) is 5.75 Å². The average Bonchev–Trinajstić information content (AvgIpc) is 2.67. The highest BCUT2D eigenvalue weighted by molar-refractivity contribution is 7.89. The molecule has 0 bridgehead atoms. The van der Waals surface area contributed by atoms with E-state index in [0.717, 1.165) is 0 Å². The summed E-state index contributed by atoms with van der Waals surface area (Å²) >= 11 is 0. The van der Waals surface area contributed by atoms with Crippen molar-refractivity contribution in [1.82, 2.24) is 14.7 Å². The van der Waals surface area contributed by atoms with E-state index in [-0.39, 0.29) is 11.4 Å². The SMILES string of the molecule is COc1cc(CNS(=O)(=O)c2ccccc2)nc(-c2ccccn2)c1. The summed E-state index contributed by atoms with van der Waals surface area (Å²) in [6.45, 7) is 0.0499. The predicted molar refractivity (Wildman–Crippen MR) is 94.5 cm³/mol. The molecule has 2 heterocycles. The van der Waals surface area contributed by atoms with Gasteiger partial charge >= 0.3 is 0 Å². The third-order valence-electron chi connectivity index (χ3n) is 3.51. The minimum absolute atomic E-state index is 0.0499. The first kappa shape index (κ1) is 17.1. The second-order valence-electron chi connectivity index (χ2n) is 5.24. The monoisotopic (exact) mass is 355 g/mol. The molecule has 1 N–H and O–H groups in total. The first-order valence-corrected chi connectivity index (χ1v) is 9.08. The molecule has 3 aromatic rings. The Morgan fingerprint density at radius 3 is 2.44 bits per heavy atom. The van der Waals surface area contributed by atoms with Gasteiger partial charge in [0.05, 0.1) is 35.6 Å². The van der Waals surface area contributed by atoms with Crippen molar-refractivity contribution in [2.75, 3.05) is 7.11 Å². The molecule has 3 rings (SSSR count). The van der Waals surface area contributed by atoms with Crippen molar-refractivity contribution in [2.45, 2.75) is 11.4 Å². The molecule has 2 aromatic heterocycles. The standard InChI is InChI=1S/C18H17N3O3S/c1-24-15-11-14(21-18(12-15)17-9-5-6-10-19-17)13-20-25(22,23)16-7-3-2-4-8-16/h2-12,20H,13H2,1H3.